The zero-order valence-electron chi connectivity index (χ0n) is 11.6. The first kappa shape index (κ1) is 15.2. The van der Waals surface area contributed by atoms with E-state index in [0.717, 1.165) is 5.56 Å². The van der Waals surface area contributed by atoms with Crippen molar-refractivity contribution in [1.29, 1.82) is 0 Å². The number of nitrogens with zero attached hydrogens (tertiary/aromatic N) is 1. The molecule has 0 aliphatic heterocycles. The Morgan fingerprint density at radius 3 is 2.39 bits per heavy atom. The predicted octanol–water partition coefficient (Wildman–Crippen LogP) is 2.58. The molecule has 1 aromatic carbocycles. The Kier molecular flexibility index (Phi) is 5.82. The van der Waals surface area contributed by atoms with Crippen LogP contribution in [0.4, 0.5) is 0 Å². The molecule has 0 saturated carbocycles. The Balaban J connectivity index is 2.88. The van der Waals surface area contributed by atoms with E-state index in [1.54, 1.807) is 0 Å². The maximum atomic E-state index is 12.7. The molecule has 4 heteroatoms. The molecule has 18 heavy (non-hydrogen) atoms. The summed E-state index contributed by atoms with van der Waals surface area (Å²) in [6.45, 7) is 7.27. The van der Waals surface area contributed by atoms with Gasteiger partial charge in [-0.15, -0.1) is 0 Å². The molecule has 0 bridgehead atoms. The molecule has 1 rings (SSSR count). The molecule has 102 valence electrons. The lowest BCUT2D eigenvalue weighted by atomic mass is 10.2. The third kappa shape index (κ3) is 5.19. The molecule has 0 aliphatic rings. The average molecular weight is 268 g/mol. The molecule has 0 spiro atoms. The fourth-order valence-corrected chi connectivity index (χ4v) is 3.61. The first-order chi connectivity index (χ1) is 8.45. The molecule has 0 aliphatic carbocycles. The number of aryl methyl sites for hydroxylation is 1. The van der Waals surface area contributed by atoms with Gasteiger partial charge < -0.3 is 5.73 Å². The lowest BCUT2D eigenvalue weighted by Gasteiger charge is -2.11. The van der Waals surface area contributed by atoms with E-state index >= 15 is 0 Å². The lowest BCUT2D eigenvalue weighted by Crippen LogP contribution is -2.18. The zero-order valence-corrected chi connectivity index (χ0v) is 12.4. The van der Waals surface area contributed by atoms with Crippen LogP contribution in [0.25, 0.3) is 0 Å². The second kappa shape index (κ2) is 6.90. The Morgan fingerprint density at radius 2 is 1.89 bits per heavy atom. The van der Waals surface area contributed by atoms with Gasteiger partial charge in [-0.05, 0) is 18.4 Å². The molecule has 2 N–H and O–H groups in total. The van der Waals surface area contributed by atoms with Crippen LogP contribution in [0.3, 0.4) is 0 Å². The molecule has 0 amide bonds. The highest BCUT2D eigenvalue weighted by atomic mass is 32.2. The number of hydrogen-bond acceptors (Lipinski definition) is 3. The zero-order chi connectivity index (χ0) is 13.6. The van der Waals surface area contributed by atoms with Gasteiger partial charge in [0.15, 0.2) is 0 Å². The summed E-state index contributed by atoms with van der Waals surface area (Å²) < 4.78 is 17.1. The minimum Gasteiger partial charge on any atom is -0.330 e. The average Bonchev–Trinajstić information content (AvgIpc) is 2.30. The van der Waals surface area contributed by atoms with Gasteiger partial charge in [0.2, 0.25) is 0 Å². The molecule has 0 radical (unpaired) electrons. The SMILES string of the molecule is Cc1ccc(CS(=O)(CCN)=NCC(C)C)cc1. The van der Waals surface area contributed by atoms with Gasteiger partial charge in [0.25, 0.3) is 0 Å². The van der Waals surface area contributed by atoms with Gasteiger partial charge in [-0.1, -0.05) is 43.7 Å². The van der Waals surface area contributed by atoms with Crippen LogP contribution < -0.4 is 5.73 Å². The smallest absolute Gasteiger partial charge is 0.0568 e. The molecular formula is C14H24N2OS. The summed E-state index contributed by atoms with van der Waals surface area (Å²) in [5.74, 6) is 1.42. The Morgan fingerprint density at radius 1 is 1.28 bits per heavy atom. The molecule has 0 fully saturated rings. The Hall–Kier alpha value is -0.870. The van der Waals surface area contributed by atoms with Crippen LogP contribution in [0, 0.1) is 12.8 Å². The van der Waals surface area contributed by atoms with E-state index in [0.29, 0.717) is 30.5 Å². The standard InChI is InChI=1S/C14H24N2OS/c1-12(2)10-16-18(17,9-8-15)11-14-6-4-13(3)5-7-14/h4-7,12H,8-11,15H2,1-3H3. The van der Waals surface area contributed by atoms with Crippen LogP contribution >= 0.6 is 0 Å². The van der Waals surface area contributed by atoms with Crippen LogP contribution in [0.15, 0.2) is 28.6 Å². The van der Waals surface area contributed by atoms with Crippen molar-refractivity contribution in [2.24, 2.45) is 16.0 Å². The first-order valence-electron chi connectivity index (χ1n) is 6.39. The minimum atomic E-state index is -2.20. The highest BCUT2D eigenvalue weighted by Gasteiger charge is 2.10. The molecule has 1 atom stereocenters. The summed E-state index contributed by atoms with van der Waals surface area (Å²) >= 11 is 0. The van der Waals surface area contributed by atoms with E-state index in [9.17, 15) is 4.21 Å². The van der Waals surface area contributed by atoms with E-state index < -0.39 is 9.73 Å². The van der Waals surface area contributed by atoms with E-state index in [4.69, 9.17) is 5.73 Å². The Bertz CT molecular complexity index is 471. The fraction of sp³-hybridized carbons (Fsp3) is 0.571. The number of nitrogens with two attached hydrogens (primary N) is 1. The number of rotatable bonds is 6. The molecule has 1 unspecified atom stereocenters. The molecule has 1 aromatic rings. The van der Waals surface area contributed by atoms with Crippen molar-refractivity contribution in [3.05, 3.63) is 35.4 Å². The maximum Gasteiger partial charge on any atom is 0.0568 e. The molecular weight excluding hydrogens is 244 g/mol. The van der Waals surface area contributed by atoms with Gasteiger partial charge in [-0.25, -0.2) is 8.57 Å². The highest BCUT2D eigenvalue weighted by Crippen LogP contribution is 2.11. The monoisotopic (exact) mass is 268 g/mol. The largest absolute Gasteiger partial charge is 0.330 e. The molecule has 0 aromatic heterocycles. The van der Waals surface area contributed by atoms with Crippen LogP contribution in [0.1, 0.15) is 25.0 Å². The predicted molar refractivity (Wildman–Crippen MR) is 79.1 cm³/mol. The van der Waals surface area contributed by atoms with E-state index in [1.807, 2.05) is 31.2 Å². The van der Waals surface area contributed by atoms with E-state index in [2.05, 4.69) is 18.2 Å². The van der Waals surface area contributed by atoms with Crippen molar-refractivity contribution in [1.82, 2.24) is 0 Å². The van der Waals surface area contributed by atoms with Crippen LogP contribution in [-0.2, 0) is 15.5 Å². The van der Waals surface area contributed by atoms with E-state index in [-0.39, 0.29) is 0 Å². The minimum absolute atomic E-state index is 0.423. The van der Waals surface area contributed by atoms with Gasteiger partial charge in [0.1, 0.15) is 0 Å². The van der Waals surface area contributed by atoms with Gasteiger partial charge in [-0.3, -0.25) is 0 Å². The van der Waals surface area contributed by atoms with Gasteiger partial charge in [0.05, 0.1) is 22.0 Å². The van der Waals surface area contributed by atoms with Crippen molar-refractivity contribution >= 4 is 9.73 Å². The highest BCUT2D eigenvalue weighted by molar-refractivity contribution is 7.92. The summed E-state index contributed by atoms with van der Waals surface area (Å²) in [6, 6.07) is 8.13. The van der Waals surface area contributed by atoms with Crippen molar-refractivity contribution < 1.29 is 4.21 Å². The Labute approximate surface area is 111 Å². The quantitative estimate of drug-likeness (QED) is 0.862. The van der Waals surface area contributed by atoms with Gasteiger partial charge >= 0.3 is 0 Å². The third-order valence-corrected chi connectivity index (χ3v) is 4.90. The summed E-state index contributed by atoms with van der Waals surface area (Å²) in [6.07, 6.45) is 0. The van der Waals surface area contributed by atoms with Crippen LogP contribution in [-0.4, -0.2) is 23.1 Å². The summed E-state index contributed by atoms with van der Waals surface area (Å²) in [5, 5.41) is 0. The molecule has 0 saturated heterocycles. The second-order valence-electron chi connectivity index (χ2n) is 5.10. The van der Waals surface area contributed by atoms with Gasteiger partial charge in [0, 0.05) is 12.3 Å². The van der Waals surface area contributed by atoms with Crippen molar-refractivity contribution in [2.75, 3.05) is 18.8 Å². The van der Waals surface area contributed by atoms with Crippen LogP contribution in [0.2, 0.25) is 0 Å². The van der Waals surface area contributed by atoms with Crippen molar-refractivity contribution in [3.8, 4) is 0 Å². The van der Waals surface area contributed by atoms with Gasteiger partial charge in [-0.2, -0.15) is 0 Å². The van der Waals surface area contributed by atoms with E-state index in [1.165, 1.54) is 5.56 Å². The van der Waals surface area contributed by atoms with Crippen molar-refractivity contribution in [2.45, 2.75) is 26.5 Å². The number of benzene rings is 1. The summed E-state index contributed by atoms with van der Waals surface area (Å²) in [7, 11) is -2.20. The first-order valence-corrected chi connectivity index (χ1v) is 8.24. The third-order valence-electron chi connectivity index (χ3n) is 2.62. The number of hydrogen-bond donors (Lipinski definition) is 1. The normalized spacial score (nSPS) is 14.5. The lowest BCUT2D eigenvalue weighted by molar-refractivity contribution is 0.648. The summed E-state index contributed by atoms with van der Waals surface area (Å²) in [5.41, 5.74) is 7.85. The molecule has 3 nitrogen and oxygen atoms in total. The maximum absolute atomic E-state index is 12.7. The van der Waals surface area contributed by atoms with Crippen molar-refractivity contribution in [3.63, 3.8) is 0 Å². The van der Waals surface area contributed by atoms with Crippen LogP contribution in [0.5, 0.6) is 0 Å². The fourth-order valence-electron chi connectivity index (χ4n) is 1.60. The second-order valence-corrected chi connectivity index (χ2v) is 7.60. The molecule has 0 heterocycles. The topological polar surface area (TPSA) is 55.5 Å². The summed E-state index contributed by atoms with van der Waals surface area (Å²) in [4.78, 5) is 0.